The van der Waals surface area contributed by atoms with Crippen LogP contribution in [0.2, 0.25) is 0 Å². The van der Waals surface area contributed by atoms with Crippen molar-refractivity contribution in [3.05, 3.63) is 0 Å². The molecule has 2 bridgehead atoms. The van der Waals surface area contributed by atoms with Gasteiger partial charge in [0.15, 0.2) is 0 Å². The molecule has 0 aliphatic heterocycles. The van der Waals surface area contributed by atoms with Crippen LogP contribution in [0.5, 0.6) is 0 Å². The summed E-state index contributed by atoms with van der Waals surface area (Å²) in [6, 6.07) is 0. The Morgan fingerprint density at radius 1 is 1.11 bits per heavy atom. The van der Waals surface area contributed by atoms with Crippen LogP contribution < -0.4 is 0 Å². The predicted molar refractivity (Wildman–Crippen MR) is 65.9 cm³/mol. The molecule has 18 heavy (non-hydrogen) atoms. The number of carboxylic acid groups (broad SMARTS) is 1. The molecule has 0 heterocycles. The summed E-state index contributed by atoms with van der Waals surface area (Å²) in [4.78, 5) is 23.2. The zero-order valence-electron chi connectivity index (χ0n) is 11.3. The Kier molecular flexibility index (Phi) is 3.39. The van der Waals surface area contributed by atoms with Gasteiger partial charge in [0, 0.05) is 0 Å². The molecule has 1 N–H and O–H groups in total. The van der Waals surface area contributed by atoms with Crippen LogP contribution in [0, 0.1) is 23.7 Å². The molecule has 4 nitrogen and oxygen atoms in total. The van der Waals surface area contributed by atoms with E-state index < -0.39 is 11.6 Å². The van der Waals surface area contributed by atoms with Crippen LogP contribution >= 0.6 is 0 Å². The maximum absolute atomic E-state index is 12.2. The molecule has 2 unspecified atom stereocenters. The van der Waals surface area contributed by atoms with Gasteiger partial charge in [-0.15, -0.1) is 0 Å². The maximum Gasteiger partial charge on any atom is 0.310 e. The van der Waals surface area contributed by atoms with E-state index in [0.29, 0.717) is 12.8 Å². The molecule has 0 amide bonds. The summed E-state index contributed by atoms with van der Waals surface area (Å²) in [5.41, 5.74) is -0.458. The summed E-state index contributed by atoms with van der Waals surface area (Å²) in [6.07, 6.45) is 3.21. The Bertz CT molecular complexity index is 341. The second-order valence-corrected chi connectivity index (χ2v) is 6.66. The van der Waals surface area contributed by atoms with Crippen LogP contribution in [0.15, 0.2) is 0 Å². The third-order valence-corrected chi connectivity index (χ3v) is 4.13. The summed E-state index contributed by atoms with van der Waals surface area (Å²) < 4.78 is 5.47. The number of rotatable bonds is 2. The van der Waals surface area contributed by atoms with Gasteiger partial charge in [-0.1, -0.05) is 0 Å². The standard InChI is InChI=1S/C14H22O4/c1-14(2,3)18-13(17)11-8-4-5-9(11)7-10(6-8)12(15)16/h8-11H,4-7H2,1-3H3,(H,15,16). The fraction of sp³-hybridized carbons (Fsp3) is 0.857. The quantitative estimate of drug-likeness (QED) is 0.769. The highest BCUT2D eigenvalue weighted by atomic mass is 16.6. The van der Waals surface area contributed by atoms with E-state index in [1.807, 2.05) is 20.8 Å². The summed E-state index contributed by atoms with van der Waals surface area (Å²) in [7, 11) is 0. The molecule has 2 fully saturated rings. The van der Waals surface area contributed by atoms with Crippen molar-refractivity contribution in [3.63, 3.8) is 0 Å². The van der Waals surface area contributed by atoms with Crippen molar-refractivity contribution in [2.24, 2.45) is 23.7 Å². The van der Waals surface area contributed by atoms with Crippen LogP contribution in [0.3, 0.4) is 0 Å². The van der Waals surface area contributed by atoms with Crippen LogP contribution in [-0.4, -0.2) is 22.6 Å². The number of esters is 1. The molecular formula is C14H22O4. The molecule has 0 aromatic heterocycles. The molecule has 2 atom stereocenters. The Balaban J connectivity index is 2.05. The third kappa shape index (κ3) is 2.68. The summed E-state index contributed by atoms with van der Waals surface area (Å²) >= 11 is 0. The summed E-state index contributed by atoms with van der Waals surface area (Å²) in [5, 5.41) is 9.10. The topological polar surface area (TPSA) is 63.6 Å². The number of fused-ring (bicyclic) bond motifs is 2. The van der Waals surface area contributed by atoms with E-state index in [0.717, 1.165) is 12.8 Å². The largest absolute Gasteiger partial charge is 0.481 e. The van der Waals surface area contributed by atoms with E-state index in [1.165, 1.54) is 0 Å². The van der Waals surface area contributed by atoms with Crippen LogP contribution in [0.1, 0.15) is 46.5 Å². The third-order valence-electron chi connectivity index (χ3n) is 4.13. The molecule has 2 aliphatic rings. The summed E-state index contributed by atoms with van der Waals surface area (Å²) in [5.74, 6) is -0.756. The number of hydrogen-bond acceptors (Lipinski definition) is 3. The van der Waals surface area contributed by atoms with Crippen molar-refractivity contribution in [2.75, 3.05) is 0 Å². The van der Waals surface area contributed by atoms with Crippen molar-refractivity contribution in [2.45, 2.75) is 52.1 Å². The van der Waals surface area contributed by atoms with Gasteiger partial charge in [-0.25, -0.2) is 0 Å². The SMILES string of the molecule is CC(C)(C)OC(=O)C1C2CCC1CC(C(=O)O)C2. The van der Waals surface area contributed by atoms with E-state index in [4.69, 9.17) is 9.84 Å². The lowest BCUT2D eigenvalue weighted by molar-refractivity contribution is -0.166. The fourth-order valence-corrected chi connectivity index (χ4v) is 3.48. The zero-order valence-corrected chi connectivity index (χ0v) is 11.3. The molecule has 102 valence electrons. The van der Waals surface area contributed by atoms with E-state index in [9.17, 15) is 9.59 Å². The van der Waals surface area contributed by atoms with Crippen molar-refractivity contribution < 1.29 is 19.4 Å². The van der Waals surface area contributed by atoms with Crippen molar-refractivity contribution in [3.8, 4) is 0 Å². The van der Waals surface area contributed by atoms with Gasteiger partial charge in [-0.2, -0.15) is 0 Å². The first-order valence-corrected chi connectivity index (χ1v) is 6.73. The number of aliphatic carboxylic acids is 1. The van der Waals surface area contributed by atoms with Gasteiger partial charge in [-0.05, 0) is 58.3 Å². The van der Waals surface area contributed by atoms with Crippen LogP contribution in [0.4, 0.5) is 0 Å². The van der Waals surface area contributed by atoms with Gasteiger partial charge in [0.05, 0.1) is 11.8 Å². The number of ether oxygens (including phenoxy) is 1. The molecule has 2 aliphatic carbocycles. The smallest absolute Gasteiger partial charge is 0.310 e. The van der Waals surface area contributed by atoms with Crippen LogP contribution in [-0.2, 0) is 14.3 Å². The lowest BCUT2D eigenvalue weighted by Crippen LogP contribution is -2.38. The molecule has 0 aromatic rings. The predicted octanol–water partition coefficient (Wildman–Crippen LogP) is 2.47. The molecule has 0 saturated heterocycles. The van der Waals surface area contributed by atoms with E-state index in [1.54, 1.807) is 0 Å². The maximum atomic E-state index is 12.2. The van der Waals surface area contributed by atoms with Gasteiger partial charge in [0.1, 0.15) is 5.60 Å². The highest BCUT2D eigenvalue weighted by molar-refractivity contribution is 5.76. The Labute approximate surface area is 108 Å². The fourth-order valence-electron chi connectivity index (χ4n) is 3.48. The van der Waals surface area contributed by atoms with Gasteiger partial charge >= 0.3 is 11.9 Å². The second kappa shape index (κ2) is 4.56. The van der Waals surface area contributed by atoms with Crippen LogP contribution in [0.25, 0.3) is 0 Å². The van der Waals surface area contributed by atoms with E-state index in [-0.39, 0.29) is 29.6 Å². The van der Waals surface area contributed by atoms with Gasteiger partial charge in [0.2, 0.25) is 0 Å². The molecule has 2 rings (SSSR count). The summed E-state index contributed by atoms with van der Waals surface area (Å²) in [6.45, 7) is 5.61. The minimum atomic E-state index is -0.713. The molecular weight excluding hydrogens is 232 g/mol. The first-order chi connectivity index (χ1) is 8.28. The van der Waals surface area contributed by atoms with Crippen molar-refractivity contribution in [1.29, 1.82) is 0 Å². The molecule has 0 spiro atoms. The first kappa shape index (κ1) is 13.4. The second-order valence-electron chi connectivity index (χ2n) is 6.66. The zero-order chi connectivity index (χ0) is 13.5. The van der Waals surface area contributed by atoms with Crippen molar-refractivity contribution in [1.82, 2.24) is 0 Å². The Hall–Kier alpha value is -1.06. The van der Waals surface area contributed by atoms with Crippen molar-refractivity contribution >= 4 is 11.9 Å². The normalized spacial score (nSPS) is 35.3. The van der Waals surface area contributed by atoms with E-state index in [2.05, 4.69) is 0 Å². The highest BCUT2D eigenvalue weighted by Crippen LogP contribution is 2.49. The number of hydrogen-bond donors (Lipinski definition) is 1. The Morgan fingerprint density at radius 3 is 2.00 bits per heavy atom. The van der Waals surface area contributed by atoms with E-state index >= 15 is 0 Å². The lowest BCUT2D eigenvalue weighted by Gasteiger charge is -2.33. The monoisotopic (exact) mass is 254 g/mol. The first-order valence-electron chi connectivity index (χ1n) is 6.73. The molecule has 2 saturated carbocycles. The Morgan fingerprint density at radius 2 is 1.61 bits per heavy atom. The van der Waals surface area contributed by atoms with Gasteiger partial charge < -0.3 is 9.84 Å². The number of carboxylic acids is 1. The molecule has 4 heteroatoms. The number of carbonyl (C=O) groups is 2. The lowest BCUT2D eigenvalue weighted by atomic mass is 9.73. The van der Waals surface area contributed by atoms with Gasteiger partial charge in [0.25, 0.3) is 0 Å². The number of carbonyl (C=O) groups excluding carboxylic acids is 1. The average molecular weight is 254 g/mol. The minimum absolute atomic E-state index is 0.0696. The molecule has 0 aromatic carbocycles. The average Bonchev–Trinajstić information content (AvgIpc) is 2.47. The minimum Gasteiger partial charge on any atom is -0.481 e. The van der Waals surface area contributed by atoms with Gasteiger partial charge in [-0.3, -0.25) is 9.59 Å². The molecule has 0 radical (unpaired) electrons. The highest BCUT2D eigenvalue weighted by Gasteiger charge is 2.49.